The molecule has 0 radical (unpaired) electrons. The molecule has 7 heteroatoms. The molecule has 1 aliphatic heterocycles. The first-order valence-electron chi connectivity index (χ1n) is 5.45. The van der Waals surface area contributed by atoms with Crippen molar-refractivity contribution in [1.82, 2.24) is 8.61 Å². The average molecular weight is 272 g/mol. The predicted molar refractivity (Wildman–Crippen MR) is 67.9 cm³/mol. The summed E-state index contributed by atoms with van der Waals surface area (Å²) in [5, 5.41) is 0. The van der Waals surface area contributed by atoms with Gasteiger partial charge in [0.15, 0.2) is 0 Å². The summed E-state index contributed by atoms with van der Waals surface area (Å²) in [6.07, 6.45) is 2.61. The van der Waals surface area contributed by atoms with Crippen molar-refractivity contribution in [2.24, 2.45) is 5.73 Å². The molecule has 0 spiro atoms. The van der Waals surface area contributed by atoms with Crippen molar-refractivity contribution in [3.63, 3.8) is 0 Å². The molecular weight excluding hydrogens is 250 g/mol. The molecule has 16 heavy (non-hydrogen) atoms. The zero-order valence-corrected chi connectivity index (χ0v) is 11.6. The van der Waals surface area contributed by atoms with Crippen LogP contribution in [-0.4, -0.2) is 49.8 Å². The molecule has 5 nitrogen and oxygen atoms in total. The van der Waals surface area contributed by atoms with Gasteiger partial charge in [0.1, 0.15) is 0 Å². The summed E-state index contributed by atoms with van der Waals surface area (Å²) in [6.45, 7) is 3.59. The summed E-state index contributed by atoms with van der Waals surface area (Å²) in [4.78, 5) is 0. The monoisotopic (exact) mass is 271 g/mol. The van der Waals surface area contributed by atoms with E-state index in [9.17, 15) is 8.42 Å². The summed E-state index contributed by atoms with van der Waals surface area (Å²) in [5.41, 5.74) is 5.77. The Bertz CT molecular complexity index is 297. The number of hydrogen-bond donors (Lipinski definition) is 1. The SMILES string of the molecule is CCCN(C)S(=O)(=O)N1CCCC(N)C1.Cl. The Hall–Kier alpha value is 0.120. The predicted octanol–water partition coefficient (Wildman–Crippen LogP) is 0.418. The van der Waals surface area contributed by atoms with Gasteiger partial charge >= 0.3 is 0 Å². The van der Waals surface area contributed by atoms with Gasteiger partial charge in [0.05, 0.1) is 0 Å². The van der Waals surface area contributed by atoms with Gasteiger partial charge in [0.25, 0.3) is 10.2 Å². The number of piperidine rings is 1. The second kappa shape index (κ2) is 6.76. The Labute approximate surface area is 105 Å². The van der Waals surface area contributed by atoms with Gasteiger partial charge in [-0.15, -0.1) is 12.4 Å². The van der Waals surface area contributed by atoms with Gasteiger partial charge in [0.2, 0.25) is 0 Å². The maximum absolute atomic E-state index is 12.0. The van der Waals surface area contributed by atoms with Crippen LogP contribution in [0, 0.1) is 0 Å². The molecule has 0 aromatic heterocycles. The molecule has 1 rings (SSSR count). The summed E-state index contributed by atoms with van der Waals surface area (Å²) in [7, 11) is -1.65. The van der Waals surface area contributed by atoms with Crippen LogP contribution in [0.15, 0.2) is 0 Å². The molecule has 0 aromatic rings. The lowest BCUT2D eigenvalue weighted by Gasteiger charge is -2.32. The largest absolute Gasteiger partial charge is 0.327 e. The number of hydrogen-bond acceptors (Lipinski definition) is 3. The van der Waals surface area contributed by atoms with Gasteiger partial charge in [-0.25, -0.2) is 0 Å². The first kappa shape index (κ1) is 16.1. The fraction of sp³-hybridized carbons (Fsp3) is 1.00. The summed E-state index contributed by atoms with van der Waals surface area (Å²) < 4.78 is 26.9. The summed E-state index contributed by atoms with van der Waals surface area (Å²) in [6, 6.07) is -0.0106. The number of nitrogens with zero attached hydrogens (tertiary/aromatic N) is 2. The van der Waals surface area contributed by atoms with Crippen LogP contribution in [0.1, 0.15) is 26.2 Å². The van der Waals surface area contributed by atoms with Crippen LogP contribution >= 0.6 is 12.4 Å². The van der Waals surface area contributed by atoms with Crippen molar-refractivity contribution in [2.45, 2.75) is 32.2 Å². The van der Waals surface area contributed by atoms with Gasteiger partial charge in [0, 0.05) is 32.7 Å². The highest BCUT2D eigenvalue weighted by atomic mass is 35.5. The van der Waals surface area contributed by atoms with E-state index in [2.05, 4.69) is 0 Å². The van der Waals surface area contributed by atoms with Crippen LogP contribution in [-0.2, 0) is 10.2 Å². The molecule has 1 atom stereocenters. The normalized spacial score (nSPS) is 23.1. The van der Waals surface area contributed by atoms with E-state index in [-0.39, 0.29) is 18.4 Å². The molecule has 98 valence electrons. The van der Waals surface area contributed by atoms with Gasteiger partial charge < -0.3 is 5.73 Å². The highest BCUT2D eigenvalue weighted by molar-refractivity contribution is 7.86. The highest BCUT2D eigenvalue weighted by Gasteiger charge is 2.29. The van der Waals surface area contributed by atoms with E-state index in [4.69, 9.17) is 5.73 Å². The molecule has 1 heterocycles. The van der Waals surface area contributed by atoms with Crippen molar-refractivity contribution in [1.29, 1.82) is 0 Å². The van der Waals surface area contributed by atoms with E-state index in [0.29, 0.717) is 19.6 Å². The van der Waals surface area contributed by atoms with Crippen molar-refractivity contribution in [3.8, 4) is 0 Å². The van der Waals surface area contributed by atoms with Gasteiger partial charge in [-0.05, 0) is 19.3 Å². The van der Waals surface area contributed by atoms with Crippen molar-refractivity contribution < 1.29 is 8.42 Å². The Morgan fingerprint density at radius 1 is 1.50 bits per heavy atom. The second-order valence-corrected chi connectivity index (χ2v) is 6.13. The van der Waals surface area contributed by atoms with E-state index in [1.807, 2.05) is 6.92 Å². The lowest BCUT2D eigenvalue weighted by atomic mass is 10.1. The third-order valence-corrected chi connectivity index (χ3v) is 4.63. The zero-order chi connectivity index (χ0) is 11.5. The van der Waals surface area contributed by atoms with Crippen LogP contribution in [0.4, 0.5) is 0 Å². The van der Waals surface area contributed by atoms with Gasteiger partial charge in [-0.1, -0.05) is 6.92 Å². The average Bonchev–Trinajstić information content (AvgIpc) is 2.18. The van der Waals surface area contributed by atoms with Crippen LogP contribution in [0.3, 0.4) is 0 Å². The Kier molecular flexibility index (Phi) is 6.81. The molecule has 0 amide bonds. The van der Waals surface area contributed by atoms with Crippen LogP contribution in [0.5, 0.6) is 0 Å². The standard InChI is InChI=1S/C9H21N3O2S.ClH/c1-3-6-11(2)15(13,14)12-7-4-5-9(10)8-12;/h9H,3-8,10H2,1-2H3;1H. The molecule has 0 aliphatic carbocycles. The van der Waals surface area contributed by atoms with E-state index < -0.39 is 10.2 Å². The van der Waals surface area contributed by atoms with E-state index >= 15 is 0 Å². The fourth-order valence-corrected chi connectivity index (χ4v) is 3.36. The van der Waals surface area contributed by atoms with Crippen molar-refractivity contribution in [3.05, 3.63) is 0 Å². The third-order valence-electron chi connectivity index (χ3n) is 2.68. The molecule has 1 fully saturated rings. The first-order valence-corrected chi connectivity index (χ1v) is 6.85. The maximum Gasteiger partial charge on any atom is 0.281 e. The maximum atomic E-state index is 12.0. The molecule has 0 bridgehead atoms. The van der Waals surface area contributed by atoms with E-state index in [1.165, 1.54) is 8.61 Å². The lowest BCUT2D eigenvalue weighted by Crippen LogP contribution is -2.50. The minimum absolute atomic E-state index is 0. The molecule has 0 aromatic carbocycles. The second-order valence-electron chi connectivity index (χ2n) is 4.09. The van der Waals surface area contributed by atoms with Crippen molar-refractivity contribution >= 4 is 22.6 Å². The van der Waals surface area contributed by atoms with Crippen LogP contribution < -0.4 is 5.73 Å². The number of halogens is 1. The Balaban J connectivity index is 0.00000225. The van der Waals surface area contributed by atoms with Crippen LogP contribution in [0.25, 0.3) is 0 Å². The summed E-state index contributed by atoms with van der Waals surface area (Å²) in [5.74, 6) is 0. The van der Waals surface area contributed by atoms with E-state index in [0.717, 1.165) is 19.3 Å². The highest BCUT2D eigenvalue weighted by Crippen LogP contribution is 2.15. The van der Waals surface area contributed by atoms with Crippen LogP contribution in [0.2, 0.25) is 0 Å². The number of nitrogens with two attached hydrogens (primary N) is 1. The lowest BCUT2D eigenvalue weighted by molar-refractivity contribution is 0.292. The molecule has 1 unspecified atom stereocenters. The smallest absolute Gasteiger partial charge is 0.281 e. The van der Waals surface area contributed by atoms with Crippen molar-refractivity contribution in [2.75, 3.05) is 26.7 Å². The Morgan fingerprint density at radius 2 is 2.12 bits per heavy atom. The molecule has 2 N–H and O–H groups in total. The number of rotatable bonds is 4. The third kappa shape index (κ3) is 3.85. The molecule has 1 aliphatic rings. The topological polar surface area (TPSA) is 66.6 Å². The molecule has 1 saturated heterocycles. The zero-order valence-electron chi connectivity index (χ0n) is 9.92. The van der Waals surface area contributed by atoms with Gasteiger partial charge in [-0.3, -0.25) is 0 Å². The quantitative estimate of drug-likeness (QED) is 0.806. The summed E-state index contributed by atoms with van der Waals surface area (Å²) >= 11 is 0. The Morgan fingerprint density at radius 3 is 2.62 bits per heavy atom. The van der Waals surface area contributed by atoms with E-state index in [1.54, 1.807) is 7.05 Å². The fourth-order valence-electron chi connectivity index (χ4n) is 1.81. The first-order chi connectivity index (χ1) is 6.98. The van der Waals surface area contributed by atoms with Gasteiger partial charge in [-0.2, -0.15) is 17.0 Å². The minimum atomic E-state index is -3.27. The minimum Gasteiger partial charge on any atom is -0.327 e. The molecule has 0 saturated carbocycles. The molecular formula is C9H22ClN3O2S.